The van der Waals surface area contributed by atoms with Crippen molar-refractivity contribution in [2.45, 2.75) is 31.8 Å². The highest BCUT2D eigenvalue weighted by Gasteiger charge is 2.22. The van der Waals surface area contributed by atoms with Gasteiger partial charge in [0.05, 0.1) is 19.3 Å². The van der Waals surface area contributed by atoms with Crippen molar-refractivity contribution in [1.82, 2.24) is 10.6 Å². The van der Waals surface area contributed by atoms with E-state index >= 15 is 0 Å². The highest BCUT2D eigenvalue weighted by Crippen LogP contribution is 2.23. The van der Waals surface area contributed by atoms with Crippen molar-refractivity contribution in [3.63, 3.8) is 0 Å². The lowest BCUT2D eigenvalue weighted by molar-refractivity contribution is -0.120. The molecule has 1 saturated carbocycles. The maximum absolute atomic E-state index is 11.5. The van der Waals surface area contributed by atoms with Crippen molar-refractivity contribution in [3.8, 4) is 0 Å². The van der Waals surface area contributed by atoms with Gasteiger partial charge in [0.15, 0.2) is 0 Å². The monoisotopic (exact) mass is 244 g/mol. The van der Waals surface area contributed by atoms with Crippen molar-refractivity contribution < 1.29 is 14.6 Å². The second-order valence-corrected chi connectivity index (χ2v) is 4.59. The summed E-state index contributed by atoms with van der Waals surface area (Å²) < 4.78 is 4.87. The Labute approximate surface area is 103 Å². The maximum atomic E-state index is 11.5. The number of amides is 1. The molecular formula is C12H24N2O3. The summed E-state index contributed by atoms with van der Waals surface area (Å²) in [7, 11) is 1.63. The predicted octanol–water partition coefficient (Wildman–Crippen LogP) is -0.110. The molecule has 1 aliphatic rings. The van der Waals surface area contributed by atoms with Gasteiger partial charge in [0.25, 0.3) is 0 Å². The van der Waals surface area contributed by atoms with E-state index in [-0.39, 0.29) is 17.9 Å². The minimum Gasteiger partial charge on any atom is -0.393 e. The topological polar surface area (TPSA) is 70.6 Å². The Hall–Kier alpha value is -0.650. The number of ether oxygens (including phenoxy) is 1. The van der Waals surface area contributed by atoms with Crippen LogP contribution in [0.1, 0.15) is 25.7 Å². The molecule has 5 nitrogen and oxygen atoms in total. The number of rotatable bonds is 7. The molecule has 1 amide bonds. The van der Waals surface area contributed by atoms with Crippen LogP contribution in [0.15, 0.2) is 0 Å². The molecule has 2 atom stereocenters. The van der Waals surface area contributed by atoms with Gasteiger partial charge in [0.2, 0.25) is 5.91 Å². The molecule has 0 aromatic carbocycles. The first-order valence-corrected chi connectivity index (χ1v) is 6.38. The van der Waals surface area contributed by atoms with Crippen molar-refractivity contribution >= 4 is 5.91 Å². The SMILES string of the molecule is COCCNCC(=O)NCC1CCCCC1O. The number of hydrogen-bond acceptors (Lipinski definition) is 4. The fourth-order valence-corrected chi connectivity index (χ4v) is 2.11. The van der Waals surface area contributed by atoms with E-state index in [9.17, 15) is 9.90 Å². The number of nitrogens with one attached hydrogen (secondary N) is 2. The number of carbonyl (C=O) groups is 1. The van der Waals surface area contributed by atoms with E-state index in [1.54, 1.807) is 7.11 Å². The normalized spacial score (nSPS) is 24.6. The van der Waals surface area contributed by atoms with E-state index in [1.165, 1.54) is 0 Å². The third kappa shape index (κ3) is 6.00. The van der Waals surface area contributed by atoms with Crippen LogP contribution in [0.25, 0.3) is 0 Å². The number of hydrogen-bond donors (Lipinski definition) is 3. The smallest absolute Gasteiger partial charge is 0.233 e. The molecule has 0 heterocycles. The summed E-state index contributed by atoms with van der Waals surface area (Å²) in [6, 6.07) is 0. The van der Waals surface area contributed by atoms with Crippen LogP contribution in [0.2, 0.25) is 0 Å². The van der Waals surface area contributed by atoms with Gasteiger partial charge in [-0.3, -0.25) is 4.79 Å². The van der Waals surface area contributed by atoms with Gasteiger partial charge in [-0.1, -0.05) is 12.8 Å². The minimum absolute atomic E-state index is 0.0149. The third-order valence-corrected chi connectivity index (χ3v) is 3.20. The lowest BCUT2D eigenvalue weighted by Gasteiger charge is -2.27. The third-order valence-electron chi connectivity index (χ3n) is 3.20. The number of aliphatic hydroxyl groups is 1. The highest BCUT2D eigenvalue weighted by atomic mass is 16.5. The molecule has 5 heteroatoms. The Bertz CT molecular complexity index is 224. The molecule has 0 aromatic rings. The lowest BCUT2D eigenvalue weighted by atomic mass is 9.86. The number of aliphatic hydroxyl groups excluding tert-OH is 1. The molecule has 0 aliphatic heterocycles. The quantitative estimate of drug-likeness (QED) is 0.547. The molecule has 0 bridgehead atoms. The average molecular weight is 244 g/mol. The van der Waals surface area contributed by atoms with E-state index in [1.807, 2.05) is 0 Å². The zero-order chi connectivity index (χ0) is 12.5. The second kappa shape index (κ2) is 8.44. The Balaban J connectivity index is 2.06. The fraction of sp³-hybridized carbons (Fsp3) is 0.917. The van der Waals surface area contributed by atoms with E-state index in [0.717, 1.165) is 25.7 Å². The molecule has 0 saturated heterocycles. The van der Waals surface area contributed by atoms with Crippen LogP contribution in [0, 0.1) is 5.92 Å². The molecule has 1 rings (SSSR count). The van der Waals surface area contributed by atoms with Crippen LogP contribution in [0.3, 0.4) is 0 Å². The molecule has 100 valence electrons. The summed E-state index contributed by atoms with van der Waals surface area (Å²) in [5.74, 6) is 0.213. The summed E-state index contributed by atoms with van der Waals surface area (Å²) in [4.78, 5) is 11.5. The van der Waals surface area contributed by atoms with Gasteiger partial charge in [0, 0.05) is 26.1 Å². The summed E-state index contributed by atoms with van der Waals surface area (Å²) in [5, 5.41) is 15.6. The van der Waals surface area contributed by atoms with Crippen LogP contribution in [0.5, 0.6) is 0 Å². The summed E-state index contributed by atoms with van der Waals surface area (Å²) in [5.41, 5.74) is 0. The van der Waals surface area contributed by atoms with Crippen LogP contribution in [-0.2, 0) is 9.53 Å². The number of carbonyl (C=O) groups excluding carboxylic acids is 1. The van der Waals surface area contributed by atoms with Crippen LogP contribution in [-0.4, -0.2) is 50.5 Å². The van der Waals surface area contributed by atoms with E-state index in [0.29, 0.717) is 26.2 Å². The van der Waals surface area contributed by atoms with E-state index < -0.39 is 0 Å². The largest absolute Gasteiger partial charge is 0.393 e. The molecule has 3 N–H and O–H groups in total. The van der Waals surface area contributed by atoms with E-state index in [4.69, 9.17) is 4.74 Å². The van der Waals surface area contributed by atoms with Crippen molar-refractivity contribution in [3.05, 3.63) is 0 Å². The summed E-state index contributed by atoms with van der Waals surface area (Å²) >= 11 is 0. The molecule has 17 heavy (non-hydrogen) atoms. The van der Waals surface area contributed by atoms with Crippen molar-refractivity contribution in [2.75, 3.05) is 33.4 Å². The summed E-state index contributed by atoms with van der Waals surface area (Å²) in [6.45, 7) is 2.18. The average Bonchev–Trinajstić information content (AvgIpc) is 2.34. The first-order chi connectivity index (χ1) is 8.24. The molecular weight excluding hydrogens is 220 g/mol. The van der Waals surface area contributed by atoms with Gasteiger partial charge < -0.3 is 20.5 Å². The van der Waals surface area contributed by atoms with Crippen molar-refractivity contribution in [1.29, 1.82) is 0 Å². The summed E-state index contributed by atoms with van der Waals surface area (Å²) in [6.07, 6.45) is 3.89. The second-order valence-electron chi connectivity index (χ2n) is 4.59. The lowest BCUT2D eigenvalue weighted by Crippen LogP contribution is -2.40. The Morgan fingerprint density at radius 3 is 2.88 bits per heavy atom. The fourth-order valence-electron chi connectivity index (χ4n) is 2.11. The van der Waals surface area contributed by atoms with Crippen LogP contribution in [0.4, 0.5) is 0 Å². The maximum Gasteiger partial charge on any atom is 0.233 e. The zero-order valence-corrected chi connectivity index (χ0v) is 10.6. The highest BCUT2D eigenvalue weighted by molar-refractivity contribution is 5.77. The van der Waals surface area contributed by atoms with Crippen LogP contribution >= 0.6 is 0 Å². The Morgan fingerprint density at radius 2 is 2.18 bits per heavy atom. The van der Waals surface area contributed by atoms with Gasteiger partial charge in [-0.05, 0) is 12.8 Å². The van der Waals surface area contributed by atoms with Gasteiger partial charge in [-0.15, -0.1) is 0 Å². The molecule has 2 unspecified atom stereocenters. The molecule has 0 spiro atoms. The van der Waals surface area contributed by atoms with Gasteiger partial charge in [-0.2, -0.15) is 0 Å². The first-order valence-electron chi connectivity index (χ1n) is 6.38. The first kappa shape index (κ1) is 14.4. The van der Waals surface area contributed by atoms with Gasteiger partial charge >= 0.3 is 0 Å². The van der Waals surface area contributed by atoms with E-state index in [2.05, 4.69) is 10.6 Å². The minimum atomic E-state index is -0.245. The van der Waals surface area contributed by atoms with Gasteiger partial charge in [0.1, 0.15) is 0 Å². The van der Waals surface area contributed by atoms with Crippen LogP contribution < -0.4 is 10.6 Å². The zero-order valence-electron chi connectivity index (χ0n) is 10.6. The number of methoxy groups -OCH3 is 1. The Morgan fingerprint density at radius 1 is 1.41 bits per heavy atom. The predicted molar refractivity (Wildman–Crippen MR) is 65.7 cm³/mol. The molecule has 0 radical (unpaired) electrons. The van der Waals surface area contributed by atoms with Crippen molar-refractivity contribution in [2.24, 2.45) is 5.92 Å². The molecule has 0 aromatic heterocycles. The standard InChI is InChI=1S/C12H24N2O3/c1-17-7-6-13-9-12(16)14-8-10-4-2-3-5-11(10)15/h10-11,13,15H,2-9H2,1H3,(H,14,16). The van der Waals surface area contributed by atoms with Gasteiger partial charge in [-0.25, -0.2) is 0 Å². The Kier molecular flexibility index (Phi) is 7.16. The molecule has 1 fully saturated rings. The molecule has 1 aliphatic carbocycles.